The first-order valence-corrected chi connectivity index (χ1v) is 10.0. The zero-order chi connectivity index (χ0) is 22.7. The van der Waals surface area contributed by atoms with Crippen LogP contribution in [0, 0.1) is 29.9 Å². The van der Waals surface area contributed by atoms with Crippen LogP contribution in [0.2, 0.25) is 0 Å². The molecule has 0 aliphatic carbocycles. The first kappa shape index (κ1) is 21.3. The molecule has 0 saturated heterocycles. The highest BCUT2D eigenvalue weighted by Gasteiger charge is 2.21. The molecular formula is C26H20F2N2O2. The van der Waals surface area contributed by atoms with Crippen molar-refractivity contribution < 1.29 is 18.3 Å². The van der Waals surface area contributed by atoms with Gasteiger partial charge in [0.15, 0.2) is 0 Å². The Bertz CT molecular complexity index is 1310. The number of aryl methyl sites for hydroxylation is 1. The lowest BCUT2D eigenvalue weighted by Gasteiger charge is -2.16. The number of rotatable bonds is 6. The van der Waals surface area contributed by atoms with Gasteiger partial charge in [0.1, 0.15) is 41.2 Å². The van der Waals surface area contributed by atoms with Crippen LogP contribution >= 0.6 is 0 Å². The molecule has 1 unspecified atom stereocenters. The van der Waals surface area contributed by atoms with Gasteiger partial charge in [0.2, 0.25) is 0 Å². The predicted molar refractivity (Wildman–Crippen MR) is 118 cm³/mol. The number of nitriles is 1. The van der Waals surface area contributed by atoms with Gasteiger partial charge in [-0.3, -0.25) is 0 Å². The second kappa shape index (κ2) is 9.03. The highest BCUT2D eigenvalue weighted by molar-refractivity contribution is 5.89. The van der Waals surface area contributed by atoms with Crippen molar-refractivity contribution in [3.8, 4) is 17.6 Å². The van der Waals surface area contributed by atoms with Gasteiger partial charge in [0.25, 0.3) is 0 Å². The molecule has 0 fully saturated rings. The number of methoxy groups -OCH3 is 1. The molecule has 0 N–H and O–H groups in total. The average molecular weight is 430 g/mol. The Kier molecular flexibility index (Phi) is 6.00. The highest BCUT2D eigenvalue weighted by atomic mass is 19.1. The number of hydrogen-bond donors (Lipinski definition) is 0. The number of benzene rings is 3. The molecule has 1 heterocycles. The first-order chi connectivity index (χ1) is 15.5. The Hall–Kier alpha value is -3.98. The minimum atomic E-state index is -0.877. The van der Waals surface area contributed by atoms with Crippen LogP contribution < -0.4 is 9.47 Å². The van der Waals surface area contributed by atoms with Gasteiger partial charge in [0.05, 0.1) is 18.9 Å². The molecule has 0 aliphatic rings. The third kappa shape index (κ3) is 4.23. The molecule has 32 heavy (non-hydrogen) atoms. The van der Waals surface area contributed by atoms with Crippen LogP contribution in [0.3, 0.4) is 0 Å². The van der Waals surface area contributed by atoms with Crippen LogP contribution in [0.5, 0.6) is 11.5 Å². The molecule has 0 spiro atoms. The van der Waals surface area contributed by atoms with E-state index in [1.165, 1.54) is 24.3 Å². The van der Waals surface area contributed by atoms with Crippen LogP contribution in [0.15, 0.2) is 66.7 Å². The molecule has 0 aliphatic heterocycles. The molecule has 160 valence electrons. The number of pyridine rings is 1. The van der Waals surface area contributed by atoms with E-state index in [0.717, 1.165) is 16.9 Å². The van der Waals surface area contributed by atoms with Gasteiger partial charge in [-0.25, -0.2) is 13.8 Å². The lowest BCUT2D eigenvalue weighted by Crippen LogP contribution is -2.05. The molecule has 4 rings (SSSR count). The average Bonchev–Trinajstić information content (AvgIpc) is 2.81. The summed E-state index contributed by atoms with van der Waals surface area (Å²) in [6.45, 7) is 2.08. The number of nitrogens with zero attached hydrogens (tertiary/aromatic N) is 2. The van der Waals surface area contributed by atoms with Crippen LogP contribution in [0.4, 0.5) is 8.78 Å². The van der Waals surface area contributed by atoms with Crippen molar-refractivity contribution in [2.45, 2.75) is 19.4 Å². The summed E-state index contributed by atoms with van der Waals surface area (Å²) in [5, 5.41) is 10.3. The lowest BCUT2D eigenvalue weighted by atomic mass is 9.95. The number of ether oxygens (including phenoxy) is 2. The summed E-state index contributed by atoms with van der Waals surface area (Å²) in [6.07, 6.45) is 0. The summed E-state index contributed by atoms with van der Waals surface area (Å²) in [4.78, 5) is 4.43. The molecule has 0 saturated carbocycles. The summed E-state index contributed by atoms with van der Waals surface area (Å²) in [6, 6.07) is 20.0. The summed E-state index contributed by atoms with van der Waals surface area (Å²) < 4.78 is 39.8. The second-order valence-electron chi connectivity index (χ2n) is 7.39. The van der Waals surface area contributed by atoms with E-state index in [1.807, 2.05) is 31.2 Å². The molecule has 0 amide bonds. The zero-order valence-electron chi connectivity index (χ0n) is 17.6. The largest absolute Gasteiger partial charge is 0.497 e. The third-order valence-electron chi connectivity index (χ3n) is 5.26. The molecule has 3 aromatic carbocycles. The molecular weight excluding hydrogens is 410 g/mol. The topological polar surface area (TPSA) is 55.1 Å². The minimum absolute atomic E-state index is 0.115. The second-order valence-corrected chi connectivity index (χ2v) is 7.39. The number of halogens is 2. The van der Waals surface area contributed by atoms with E-state index < -0.39 is 17.6 Å². The van der Waals surface area contributed by atoms with Crippen LogP contribution in [-0.2, 0) is 6.61 Å². The van der Waals surface area contributed by atoms with E-state index in [1.54, 1.807) is 25.3 Å². The Morgan fingerprint density at radius 3 is 2.50 bits per heavy atom. The fourth-order valence-corrected chi connectivity index (χ4v) is 3.60. The maximum absolute atomic E-state index is 14.7. The fraction of sp³-hybridized carbons (Fsp3) is 0.154. The standard InChI is InChI=1S/C26H20F2N2O2/c1-16-6-11-22(28)26-25(16)24(32-15-17-7-9-20(31-2)10-8-17)13-23(30-26)21(14-29)18-4-3-5-19(27)12-18/h3-13,21H,15H2,1-2H3. The number of fused-ring (bicyclic) bond motifs is 1. The van der Waals surface area contributed by atoms with Gasteiger partial charge in [-0.15, -0.1) is 0 Å². The molecule has 0 bridgehead atoms. The van der Waals surface area contributed by atoms with Crippen molar-refractivity contribution in [1.82, 2.24) is 4.98 Å². The summed E-state index contributed by atoms with van der Waals surface area (Å²) in [7, 11) is 1.59. The Balaban J connectivity index is 1.79. The van der Waals surface area contributed by atoms with E-state index in [4.69, 9.17) is 9.47 Å². The number of aromatic nitrogens is 1. The van der Waals surface area contributed by atoms with E-state index in [0.29, 0.717) is 22.4 Å². The molecule has 0 radical (unpaired) electrons. The summed E-state index contributed by atoms with van der Waals surface area (Å²) in [5.41, 5.74) is 2.54. The highest BCUT2D eigenvalue weighted by Crippen LogP contribution is 2.34. The van der Waals surface area contributed by atoms with Gasteiger partial charge in [-0.2, -0.15) is 5.26 Å². The summed E-state index contributed by atoms with van der Waals surface area (Å²) >= 11 is 0. The van der Waals surface area contributed by atoms with Crippen molar-refractivity contribution in [2.75, 3.05) is 7.11 Å². The van der Waals surface area contributed by atoms with E-state index in [2.05, 4.69) is 11.1 Å². The normalized spacial score (nSPS) is 11.7. The molecule has 1 atom stereocenters. The van der Waals surface area contributed by atoms with E-state index in [-0.39, 0.29) is 12.1 Å². The molecule has 4 aromatic rings. The van der Waals surface area contributed by atoms with Crippen LogP contribution in [-0.4, -0.2) is 12.1 Å². The SMILES string of the molecule is COc1ccc(COc2cc(C(C#N)c3cccc(F)c3)nc3c(F)ccc(C)c23)cc1. The van der Waals surface area contributed by atoms with Crippen molar-refractivity contribution in [1.29, 1.82) is 5.26 Å². The van der Waals surface area contributed by atoms with Crippen LogP contribution in [0.1, 0.15) is 28.3 Å². The van der Waals surface area contributed by atoms with Gasteiger partial charge in [-0.05, 0) is 53.9 Å². The van der Waals surface area contributed by atoms with E-state index in [9.17, 15) is 14.0 Å². The maximum atomic E-state index is 14.7. The van der Waals surface area contributed by atoms with Gasteiger partial charge < -0.3 is 9.47 Å². The smallest absolute Gasteiger partial charge is 0.149 e. The van der Waals surface area contributed by atoms with Crippen molar-refractivity contribution in [3.63, 3.8) is 0 Å². The number of hydrogen-bond acceptors (Lipinski definition) is 4. The monoisotopic (exact) mass is 430 g/mol. The van der Waals surface area contributed by atoms with Crippen molar-refractivity contribution in [2.24, 2.45) is 0 Å². The predicted octanol–water partition coefficient (Wildman–Crippen LogP) is 6.06. The Morgan fingerprint density at radius 1 is 1.03 bits per heavy atom. The summed E-state index contributed by atoms with van der Waals surface area (Å²) in [5.74, 6) is -0.706. The third-order valence-corrected chi connectivity index (χ3v) is 5.26. The zero-order valence-corrected chi connectivity index (χ0v) is 17.6. The molecule has 6 heteroatoms. The van der Waals surface area contributed by atoms with Crippen LogP contribution in [0.25, 0.3) is 10.9 Å². The fourth-order valence-electron chi connectivity index (χ4n) is 3.60. The lowest BCUT2D eigenvalue weighted by molar-refractivity contribution is 0.309. The first-order valence-electron chi connectivity index (χ1n) is 10.0. The maximum Gasteiger partial charge on any atom is 0.149 e. The molecule has 4 nitrogen and oxygen atoms in total. The quantitative estimate of drug-likeness (QED) is 0.373. The van der Waals surface area contributed by atoms with Gasteiger partial charge in [0, 0.05) is 11.5 Å². The minimum Gasteiger partial charge on any atom is -0.497 e. The van der Waals surface area contributed by atoms with E-state index >= 15 is 0 Å². The van der Waals surface area contributed by atoms with Gasteiger partial charge >= 0.3 is 0 Å². The molecule has 1 aromatic heterocycles. The van der Waals surface area contributed by atoms with Crippen molar-refractivity contribution >= 4 is 10.9 Å². The Morgan fingerprint density at radius 2 is 1.81 bits per heavy atom. The van der Waals surface area contributed by atoms with Gasteiger partial charge in [-0.1, -0.05) is 30.3 Å². The van der Waals surface area contributed by atoms with Crippen molar-refractivity contribution in [3.05, 3.63) is 101 Å². The Labute approximate surface area is 184 Å².